The van der Waals surface area contributed by atoms with E-state index in [0.717, 1.165) is 10.4 Å². The summed E-state index contributed by atoms with van der Waals surface area (Å²) in [6.45, 7) is 0. The van der Waals surface area contributed by atoms with Crippen molar-refractivity contribution in [2.75, 3.05) is 7.11 Å². The minimum absolute atomic E-state index is 0.287. The Kier molecular flexibility index (Phi) is 3.56. The van der Waals surface area contributed by atoms with E-state index in [-0.39, 0.29) is 12.0 Å². The van der Waals surface area contributed by atoms with Gasteiger partial charge in [-0.25, -0.2) is 4.79 Å². The molecule has 2 rings (SSSR count). The van der Waals surface area contributed by atoms with Crippen molar-refractivity contribution in [2.45, 2.75) is 6.04 Å². The lowest BCUT2D eigenvalue weighted by molar-refractivity contribution is 0.0599. The molecule has 0 saturated carbocycles. The molecule has 1 aromatic heterocycles. The summed E-state index contributed by atoms with van der Waals surface area (Å²) in [7, 11) is 1.37. The molecule has 0 fully saturated rings. The second kappa shape index (κ2) is 5.12. The molecule has 17 heavy (non-hydrogen) atoms. The molecule has 1 heterocycles. The van der Waals surface area contributed by atoms with Crippen molar-refractivity contribution in [3.8, 4) is 0 Å². The highest BCUT2D eigenvalue weighted by molar-refractivity contribution is 7.10. The summed E-state index contributed by atoms with van der Waals surface area (Å²) in [5.41, 5.74) is 7.47. The Labute approximate surface area is 104 Å². The van der Waals surface area contributed by atoms with Crippen LogP contribution in [-0.4, -0.2) is 13.1 Å². The lowest BCUT2D eigenvalue weighted by Crippen LogP contribution is -2.15. The van der Waals surface area contributed by atoms with Crippen LogP contribution in [0.25, 0.3) is 0 Å². The van der Waals surface area contributed by atoms with Crippen LogP contribution < -0.4 is 5.73 Å². The average Bonchev–Trinajstić information content (AvgIpc) is 2.91. The maximum absolute atomic E-state index is 11.6. The van der Waals surface area contributed by atoms with Crippen LogP contribution >= 0.6 is 11.3 Å². The summed E-state index contributed by atoms with van der Waals surface area (Å²) < 4.78 is 4.75. The van der Waals surface area contributed by atoms with Crippen LogP contribution in [0.5, 0.6) is 0 Å². The Morgan fingerprint density at radius 3 is 2.71 bits per heavy atom. The molecule has 2 aromatic rings. The average molecular weight is 247 g/mol. The van der Waals surface area contributed by atoms with Crippen LogP contribution in [0.15, 0.2) is 41.8 Å². The zero-order chi connectivity index (χ0) is 12.3. The van der Waals surface area contributed by atoms with E-state index in [0.29, 0.717) is 5.56 Å². The maximum Gasteiger partial charge on any atom is 0.338 e. The van der Waals surface area contributed by atoms with Gasteiger partial charge in [-0.05, 0) is 23.1 Å². The molecule has 0 aliphatic heterocycles. The Balaban J connectivity index is 2.41. The third-order valence-corrected chi connectivity index (χ3v) is 3.51. The van der Waals surface area contributed by atoms with Crippen molar-refractivity contribution in [2.24, 2.45) is 5.73 Å². The molecule has 0 amide bonds. The molecule has 0 aliphatic carbocycles. The Bertz CT molecular complexity index is 508. The second-order valence-electron chi connectivity index (χ2n) is 3.57. The summed E-state index contributed by atoms with van der Waals surface area (Å²) in [4.78, 5) is 12.7. The molecule has 0 bridgehead atoms. The predicted octanol–water partition coefficient (Wildman–Crippen LogP) is 2.58. The van der Waals surface area contributed by atoms with Gasteiger partial charge in [0.25, 0.3) is 0 Å². The van der Waals surface area contributed by atoms with Crippen molar-refractivity contribution < 1.29 is 9.53 Å². The molecular formula is C13H13NO2S. The maximum atomic E-state index is 11.6. The van der Waals surface area contributed by atoms with Crippen LogP contribution in [0.4, 0.5) is 0 Å². The molecule has 4 heteroatoms. The van der Waals surface area contributed by atoms with Crippen molar-refractivity contribution in [3.05, 3.63) is 57.8 Å². The van der Waals surface area contributed by atoms with E-state index in [2.05, 4.69) is 0 Å². The smallest absolute Gasteiger partial charge is 0.338 e. The highest BCUT2D eigenvalue weighted by Crippen LogP contribution is 2.26. The minimum Gasteiger partial charge on any atom is -0.465 e. The number of hydrogen-bond acceptors (Lipinski definition) is 4. The summed E-state index contributed by atoms with van der Waals surface area (Å²) in [6, 6.07) is 10.9. The first-order chi connectivity index (χ1) is 8.24. The van der Waals surface area contributed by atoms with E-state index >= 15 is 0 Å². The number of carbonyl (C=O) groups excluding carboxylic acids is 1. The summed E-state index contributed by atoms with van der Waals surface area (Å²) in [6.07, 6.45) is 0. The Morgan fingerprint density at radius 2 is 2.06 bits per heavy atom. The monoisotopic (exact) mass is 247 g/mol. The first-order valence-corrected chi connectivity index (χ1v) is 6.08. The van der Waals surface area contributed by atoms with Crippen molar-refractivity contribution in [1.29, 1.82) is 0 Å². The fourth-order valence-corrected chi connectivity index (χ4v) is 2.43. The molecule has 3 nitrogen and oxygen atoms in total. The third-order valence-electron chi connectivity index (χ3n) is 2.55. The molecule has 0 saturated heterocycles. The number of carbonyl (C=O) groups is 1. The summed E-state index contributed by atoms with van der Waals surface area (Å²) in [5, 5.41) is 1.97. The molecule has 0 spiro atoms. The normalized spacial score (nSPS) is 12.1. The number of esters is 1. The van der Waals surface area contributed by atoms with E-state index in [1.165, 1.54) is 7.11 Å². The zero-order valence-electron chi connectivity index (χ0n) is 9.42. The van der Waals surface area contributed by atoms with Gasteiger partial charge in [-0.2, -0.15) is 0 Å². The van der Waals surface area contributed by atoms with Gasteiger partial charge >= 0.3 is 5.97 Å². The summed E-state index contributed by atoms with van der Waals surface area (Å²) >= 11 is 1.58. The molecular weight excluding hydrogens is 234 g/mol. The molecule has 0 unspecified atom stereocenters. The van der Waals surface area contributed by atoms with Crippen LogP contribution in [0, 0.1) is 0 Å². The van der Waals surface area contributed by atoms with Crippen LogP contribution in [0.3, 0.4) is 0 Å². The van der Waals surface area contributed by atoms with Gasteiger partial charge in [-0.3, -0.25) is 0 Å². The molecule has 88 valence electrons. The van der Waals surface area contributed by atoms with Crippen molar-refractivity contribution >= 4 is 17.3 Å². The fourth-order valence-electron chi connectivity index (χ4n) is 1.69. The van der Waals surface area contributed by atoms with Crippen LogP contribution in [0.1, 0.15) is 26.8 Å². The summed E-state index contributed by atoms with van der Waals surface area (Å²) in [5.74, 6) is -0.354. The second-order valence-corrected chi connectivity index (χ2v) is 4.55. The van der Waals surface area contributed by atoms with E-state index in [1.807, 2.05) is 29.6 Å². The quantitative estimate of drug-likeness (QED) is 0.848. The number of benzene rings is 1. The highest BCUT2D eigenvalue weighted by atomic mass is 32.1. The van der Waals surface area contributed by atoms with Crippen LogP contribution in [0.2, 0.25) is 0 Å². The van der Waals surface area contributed by atoms with Crippen molar-refractivity contribution in [1.82, 2.24) is 0 Å². The molecule has 1 atom stereocenters. The lowest BCUT2D eigenvalue weighted by atomic mass is 10.00. The largest absolute Gasteiger partial charge is 0.465 e. The Morgan fingerprint density at radius 1 is 1.29 bits per heavy atom. The highest BCUT2D eigenvalue weighted by Gasteiger charge is 2.18. The van der Waals surface area contributed by atoms with Crippen molar-refractivity contribution in [3.63, 3.8) is 0 Å². The van der Waals surface area contributed by atoms with Gasteiger partial charge < -0.3 is 10.5 Å². The van der Waals surface area contributed by atoms with E-state index in [9.17, 15) is 4.79 Å². The predicted molar refractivity (Wildman–Crippen MR) is 68.1 cm³/mol. The van der Waals surface area contributed by atoms with Gasteiger partial charge in [-0.15, -0.1) is 11.3 Å². The molecule has 0 radical (unpaired) electrons. The van der Waals surface area contributed by atoms with Gasteiger partial charge in [0.2, 0.25) is 0 Å². The number of hydrogen-bond donors (Lipinski definition) is 1. The van der Waals surface area contributed by atoms with Gasteiger partial charge in [0, 0.05) is 4.88 Å². The lowest BCUT2D eigenvalue weighted by Gasteiger charge is -2.13. The molecule has 1 aromatic carbocycles. The number of thiophene rings is 1. The third kappa shape index (κ3) is 2.38. The van der Waals surface area contributed by atoms with Crippen LogP contribution in [-0.2, 0) is 4.74 Å². The molecule has 2 N–H and O–H groups in total. The van der Waals surface area contributed by atoms with E-state index in [1.54, 1.807) is 23.5 Å². The minimum atomic E-state index is -0.354. The number of rotatable bonds is 3. The number of nitrogens with two attached hydrogens (primary N) is 1. The van der Waals surface area contributed by atoms with E-state index in [4.69, 9.17) is 10.5 Å². The number of methoxy groups -OCH3 is 1. The first kappa shape index (κ1) is 11.8. The topological polar surface area (TPSA) is 52.3 Å². The van der Waals surface area contributed by atoms with E-state index < -0.39 is 0 Å². The molecule has 0 aliphatic rings. The Hall–Kier alpha value is -1.65. The SMILES string of the molecule is COC(=O)c1ccccc1[C@@H](N)c1cccs1. The zero-order valence-corrected chi connectivity index (χ0v) is 10.2. The van der Waals surface area contributed by atoms with Gasteiger partial charge in [0.1, 0.15) is 0 Å². The first-order valence-electron chi connectivity index (χ1n) is 5.20. The van der Waals surface area contributed by atoms with Gasteiger partial charge in [0.15, 0.2) is 0 Å². The standard InChI is InChI=1S/C13H13NO2S/c1-16-13(15)10-6-3-2-5-9(10)12(14)11-7-4-8-17-11/h2-8,12H,14H2,1H3/t12-/m1/s1. The van der Waals surface area contributed by atoms with Gasteiger partial charge in [0.05, 0.1) is 18.7 Å². The number of ether oxygens (including phenoxy) is 1. The van der Waals surface area contributed by atoms with Gasteiger partial charge in [-0.1, -0.05) is 24.3 Å². The fraction of sp³-hybridized carbons (Fsp3) is 0.154.